The molecule has 92 valence electrons. The highest BCUT2D eigenvalue weighted by Gasteiger charge is 2.23. The van der Waals surface area contributed by atoms with Crippen LogP contribution in [0.25, 0.3) is 0 Å². The van der Waals surface area contributed by atoms with E-state index in [1.165, 1.54) is 7.11 Å². The highest BCUT2D eigenvalue weighted by atomic mass is 16.6. The van der Waals surface area contributed by atoms with Crippen molar-refractivity contribution in [3.8, 4) is 6.01 Å². The van der Waals surface area contributed by atoms with E-state index < -0.39 is 0 Å². The third-order valence-electron chi connectivity index (χ3n) is 2.62. The third-order valence-corrected chi connectivity index (χ3v) is 2.62. The number of nitrogens with zero attached hydrogens (tertiary/aromatic N) is 3. The number of aromatic nitrogens is 2. The fourth-order valence-electron chi connectivity index (χ4n) is 1.77. The van der Waals surface area contributed by atoms with Crippen molar-refractivity contribution in [2.75, 3.05) is 20.3 Å². The first-order valence-corrected chi connectivity index (χ1v) is 5.55. The van der Waals surface area contributed by atoms with Gasteiger partial charge in [-0.1, -0.05) is 0 Å². The summed E-state index contributed by atoms with van der Waals surface area (Å²) < 4.78 is 9.93. The minimum absolute atomic E-state index is 0.283. The molecule has 17 heavy (non-hydrogen) atoms. The topological polar surface area (TPSA) is 64.5 Å². The molecular formula is C11H15N3O3. The molecule has 0 spiro atoms. The maximum Gasteiger partial charge on any atom is 0.410 e. The average Bonchev–Trinajstić information content (AvgIpc) is 2.37. The largest absolute Gasteiger partial charge is 0.467 e. The van der Waals surface area contributed by atoms with Crippen LogP contribution in [0, 0.1) is 0 Å². The van der Waals surface area contributed by atoms with Crippen LogP contribution in [0.4, 0.5) is 4.79 Å². The molecule has 2 rings (SSSR count). The van der Waals surface area contributed by atoms with Crippen molar-refractivity contribution >= 4 is 6.09 Å². The summed E-state index contributed by atoms with van der Waals surface area (Å²) in [6.07, 6.45) is 2.12. The molecule has 1 aromatic rings. The molecule has 0 bridgehead atoms. The minimum Gasteiger partial charge on any atom is -0.467 e. The molecule has 0 N–H and O–H groups in total. The van der Waals surface area contributed by atoms with Crippen molar-refractivity contribution in [2.45, 2.75) is 19.9 Å². The molecule has 0 saturated heterocycles. The van der Waals surface area contributed by atoms with E-state index in [0.717, 1.165) is 11.3 Å². The maximum absolute atomic E-state index is 11.6. The Bertz CT molecular complexity index is 422. The second-order valence-electron chi connectivity index (χ2n) is 3.70. The fraction of sp³-hybridized carbons (Fsp3) is 0.545. The number of carbonyl (C=O) groups is 1. The lowest BCUT2D eigenvalue weighted by atomic mass is 10.1. The molecule has 0 unspecified atom stereocenters. The monoisotopic (exact) mass is 237 g/mol. The highest BCUT2D eigenvalue weighted by Crippen LogP contribution is 2.18. The minimum atomic E-state index is -0.283. The number of hydrogen-bond donors (Lipinski definition) is 0. The summed E-state index contributed by atoms with van der Waals surface area (Å²) in [6.45, 7) is 3.30. The Labute approximate surface area is 99.6 Å². The van der Waals surface area contributed by atoms with Crippen LogP contribution in [0.1, 0.15) is 18.2 Å². The van der Waals surface area contributed by atoms with E-state index in [4.69, 9.17) is 9.47 Å². The third kappa shape index (κ3) is 2.46. The summed E-state index contributed by atoms with van der Waals surface area (Å²) in [7, 11) is 1.54. The molecule has 0 saturated carbocycles. The number of fused-ring (bicyclic) bond motifs is 1. The quantitative estimate of drug-likeness (QED) is 0.767. The van der Waals surface area contributed by atoms with Crippen LogP contribution in [0.2, 0.25) is 0 Å². The SMILES string of the molecule is CCOC(=O)N1CCc2nc(OC)ncc2C1. The Morgan fingerprint density at radius 2 is 2.41 bits per heavy atom. The van der Waals surface area contributed by atoms with Crippen molar-refractivity contribution < 1.29 is 14.3 Å². The number of amides is 1. The van der Waals surface area contributed by atoms with E-state index in [2.05, 4.69) is 9.97 Å². The van der Waals surface area contributed by atoms with E-state index in [0.29, 0.717) is 32.1 Å². The number of methoxy groups -OCH3 is 1. The van der Waals surface area contributed by atoms with Gasteiger partial charge in [0.15, 0.2) is 0 Å². The molecule has 6 nitrogen and oxygen atoms in total. The lowest BCUT2D eigenvalue weighted by Crippen LogP contribution is -2.36. The zero-order chi connectivity index (χ0) is 12.3. The molecule has 0 aromatic carbocycles. The summed E-state index contributed by atoms with van der Waals surface area (Å²) >= 11 is 0. The fourth-order valence-corrected chi connectivity index (χ4v) is 1.77. The van der Waals surface area contributed by atoms with E-state index in [1.807, 2.05) is 0 Å². The van der Waals surface area contributed by atoms with Gasteiger partial charge in [-0.15, -0.1) is 0 Å². The van der Waals surface area contributed by atoms with Crippen LogP contribution in [-0.4, -0.2) is 41.2 Å². The number of carbonyl (C=O) groups excluding carboxylic acids is 1. The predicted molar refractivity (Wildman–Crippen MR) is 59.7 cm³/mol. The summed E-state index contributed by atoms with van der Waals surface area (Å²) in [4.78, 5) is 21.5. The Kier molecular flexibility index (Phi) is 3.41. The second kappa shape index (κ2) is 4.99. The van der Waals surface area contributed by atoms with Gasteiger partial charge in [-0.25, -0.2) is 9.78 Å². The van der Waals surface area contributed by atoms with Gasteiger partial charge in [0.25, 0.3) is 0 Å². The zero-order valence-corrected chi connectivity index (χ0v) is 9.97. The lowest BCUT2D eigenvalue weighted by Gasteiger charge is -2.27. The van der Waals surface area contributed by atoms with Gasteiger partial charge >= 0.3 is 12.1 Å². The maximum atomic E-state index is 11.6. The number of rotatable bonds is 2. The Hall–Kier alpha value is -1.85. The number of hydrogen-bond acceptors (Lipinski definition) is 5. The second-order valence-corrected chi connectivity index (χ2v) is 3.70. The average molecular weight is 237 g/mol. The predicted octanol–water partition coefficient (Wildman–Crippen LogP) is 1.000. The molecule has 0 radical (unpaired) electrons. The normalized spacial score (nSPS) is 14.1. The molecule has 1 aliphatic rings. The van der Waals surface area contributed by atoms with E-state index in [1.54, 1.807) is 18.0 Å². The number of ether oxygens (including phenoxy) is 2. The summed E-state index contributed by atoms with van der Waals surface area (Å²) in [5, 5.41) is 0. The standard InChI is InChI=1S/C11H15N3O3/c1-3-17-11(15)14-5-4-9-8(7-14)6-12-10(13-9)16-2/h6H,3-5,7H2,1-2H3. The molecular weight excluding hydrogens is 222 g/mol. The van der Waals surface area contributed by atoms with Crippen molar-refractivity contribution in [1.29, 1.82) is 0 Å². The van der Waals surface area contributed by atoms with Gasteiger partial charge in [-0.05, 0) is 6.92 Å². The smallest absolute Gasteiger partial charge is 0.410 e. The molecule has 1 aliphatic heterocycles. The van der Waals surface area contributed by atoms with Crippen molar-refractivity contribution in [1.82, 2.24) is 14.9 Å². The van der Waals surface area contributed by atoms with E-state index in [-0.39, 0.29) is 6.09 Å². The van der Waals surface area contributed by atoms with Gasteiger partial charge in [-0.3, -0.25) is 0 Å². The first-order chi connectivity index (χ1) is 8.24. The summed E-state index contributed by atoms with van der Waals surface area (Å²) in [5.74, 6) is 0. The van der Waals surface area contributed by atoms with Crippen molar-refractivity contribution in [3.05, 3.63) is 17.5 Å². The summed E-state index contributed by atoms with van der Waals surface area (Å²) in [5.41, 5.74) is 1.89. The Morgan fingerprint density at radius 1 is 1.59 bits per heavy atom. The first-order valence-electron chi connectivity index (χ1n) is 5.55. The zero-order valence-electron chi connectivity index (χ0n) is 9.97. The lowest BCUT2D eigenvalue weighted by molar-refractivity contribution is 0.102. The molecule has 2 heterocycles. The Balaban J connectivity index is 2.11. The first kappa shape index (κ1) is 11.6. The van der Waals surface area contributed by atoms with Gasteiger partial charge in [0.05, 0.1) is 26.0 Å². The molecule has 0 atom stereocenters. The van der Waals surface area contributed by atoms with Gasteiger partial charge in [0, 0.05) is 24.7 Å². The van der Waals surface area contributed by atoms with E-state index >= 15 is 0 Å². The van der Waals surface area contributed by atoms with Crippen LogP contribution in [0.15, 0.2) is 6.20 Å². The Morgan fingerprint density at radius 3 is 3.12 bits per heavy atom. The molecule has 1 aromatic heterocycles. The van der Waals surface area contributed by atoms with E-state index in [9.17, 15) is 4.79 Å². The van der Waals surface area contributed by atoms with Crippen LogP contribution >= 0.6 is 0 Å². The molecule has 0 aliphatic carbocycles. The van der Waals surface area contributed by atoms with Crippen LogP contribution in [-0.2, 0) is 17.7 Å². The van der Waals surface area contributed by atoms with Crippen molar-refractivity contribution in [2.24, 2.45) is 0 Å². The van der Waals surface area contributed by atoms with Gasteiger partial charge in [0.2, 0.25) is 0 Å². The van der Waals surface area contributed by atoms with Gasteiger partial charge < -0.3 is 14.4 Å². The molecule has 6 heteroatoms. The van der Waals surface area contributed by atoms with Crippen LogP contribution < -0.4 is 4.74 Å². The summed E-state index contributed by atoms with van der Waals surface area (Å²) in [6, 6.07) is 0.369. The van der Waals surface area contributed by atoms with Gasteiger partial charge in [-0.2, -0.15) is 4.98 Å². The molecule has 0 fully saturated rings. The van der Waals surface area contributed by atoms with Crippen molar-refractivity contribution in [3.63, 3.8) is 0 Å². The van der Waals surface area contributed by atoms with Crippen LogP contribution in [0.3, 0.4) is 0 Å². The van der Waals surface area contributed by atoms with Gasteiger partial charge in [0.1, 0.15) is 0 Å². The molecule has 1 amide bonds. The van der Waals surface area contributed by atoms with Crippen LogP contribution in [0.5, 0.6) is 6.01 Å². The highest BCUT2D eigenvalue weighted by molar-refractivity contribution is 5.68.